The Morgan fingerprint density at radius 3 is 2.56 bits per heavy atom. The maximum absolute atomic E-state index is 11.7. The van der Waals surface area contributed by atoms with Crippen molar-refractivity contribution in [1.82, 2.24) is 0 Å². The second kappa shape index (κ2) is 5.97. The molecule has 1 aromatic carbocycles. The van der Waals surface area contributed by atoms with Crippen molar-refractivity contribution in [3.8, 4) is 0 Å². The summed E-state index contributed by atoms with van der Waals surface area (Å²) < 4.78 is 24.7. The van der Waals surface area contributed by atoms with Crippen molar-refractivity contribution in [2.24, 2.45) is 5.73 Å². The van der Waals surface area contributed by atoms with Crippen molar-refractivity contribution in [2.45, 2.75) is 13.3 Å². The lowest BCUT2D eigenvalue weighted by Gasteiger charge is -2.22. The lowest BCUT2D eigenvalue weighted by Crippen LogP contribution is -2.32. The molecule has 0 amide bonds. The lowest BCUT2D eigenvalue weighted by atomic mass is 10.1. The Labute approximate surface area is 108 Å². The summed E-state index contributed by atoms with van der Waals surface area (Å²) >= 11 is 0. The molecule has 0 radical (unpaired) electrons. The number of benzene rings is 1. The van der Waals surface area contributed by atoms with Gasteiger partial charge in [0.25, 0.3) is 0 Å². The zero-order valence-corrected chi connectivity index (χ0v) is 11.4. The van der Waals surface area contributed by atoms with Crippen LogP contribution in [0.1, 0.15) is 23.7 Å². The number of ketones is 1. The van der Waals surface area contributed by atoms with Crippen LogP contribution in [0.25, 0.3) is 0 Å². The molecule has 1 aromatic rings. The summed E-state index contributed by atoms with van der Waals surface area (Å²) in [6.45, 7) is 2.18. The van der Waals surface area contributed by atoms with Crippen LogP contribution in [-0.4, -0.2) is 33.5 Å². The molecule has 0 aliphatic heterocycles. The van der Waals surface area contributed by atoms with Gasteiger partial charge in [0, 0.05) is 12.1 Å². The van der Waals surface area contributed by atoms with Gasteiger partial charge in [-0.05, 0) is 32.0 Å². The quantitative estimate of drug-likeness (QED) is 0.782. The summed E-state index contributed by atoms with van der Waals surface area (Å²) in [6.07, 6.45) is 1.71. The first-order valence-corrected chi connectivity index (χ1v) is 7.50. The predicted octanol–water partition coefficient (Wildman–Crippen LogP) is 1.00. The van der Waals surface area contributed by atoms with Crippen LogP contribution in [0.5, 0.6) is 0 Å². The van der Waals surface area contributed by atoms with Gasteiger partial charge in [0.2, 0.25) is 10.0 Å². The van der Waals surface area contributed by atoms with Crippen LogP contribution in [0.15, 0.2) is 24.3 Å². The third kappa shape index (κ3) is 3.82. The lowest BCUT2D eigenvalue weighted by molar-refractivity contribution is 0.101. The molecule has 0 unspecified atom stereocenters. The van der Waals surface area contributed by atoms with Crippen LogP contribution >= 0.6 is 0 Å². The number of rotatable bonds is 6. The van der Waals surface area contributed by atoms with Gasteiger partial charge >= 0.3 is 0 Å². The van der Waals surface area contributed by atoms with Crippen molar-refractivity contribution < 1.29 is 13.2 Å². The molecule has 0 fully saturated rings. The highest BCUT2D eigenvalue weighted by molar-refractivity contribution is 7.92. The third-order valence-electron chi connectivity index (χ3n) is 2.51. The molecule has 5 nitrogen and oxygen atoms in total. The van der Waals surface area contributed by atoms with E-state index in [1.807, 2.05) is 0 Å². The van der Waals surface area contributed by atoms with E-state index in [9.17, 15) is 13.2 Å². The Morgan fingerprint density at radius 2 is 2.06 bits per heavy atom. The molecular weight excluding hydrogens is 252 g/mol. The van der Waals surface area contributed by atoms with Crippen molar-refractivity contribution in [3.05, 3.63) is 29.8 Å². The summed E-state index contributed by atoms with van der Waals surface area (Å²) in [5.41, 5.74) is 6.39. The highest BCUT2D eigenvalue weighted by Crippen LogP contribution is 2.19. The standard InChI is InChI=1S/C12H18N2O3S/c1-10(15)11-5-3-6-12(9-11)14(8-4-7-13)18(2,16)17/h3,5-6,9H,4,7-8,13H2,1-2H3. The van der Waals surface area contributed by atoms with E-state index in [4.69, 9.17) is 5.73 Å². The highest BCUT2D eigenvalue weighted by Gasteiger charge is 2.17. The summed E-state index contributed by atoms with van der Waals surface area (Å²) in [5.74, 6) is -0.0934. The first kappa shape index (κ1) is 14.7. The van der Waals surface area contributed by atoms with Crippen LogP contribution in [0.4, 0.5) is 5.69 Å². The van der Waals surface area contributed by atoms with Crippen molar-refractivity contribution >= 4 is 21.5 Å². The summed E-state index contributed by atoms with van der Waals surface area (Å²) in [4.78, 5) is 11.3. The Hall–Kier alpha value is -1.40. The molecule has 0 aliphatic carbocycles. The van der Waals surface area contributed by atoms with Gasteiger partial charge in [0.1, 0.15) is 0 Å². The SMILES string of the molecule is CC(=O)c1cccc(N(CCCN)S(C)(=O)=O)c1. The number of anilines is 1. The summed E-state index contributed by atoms with van der Waals surface area (Å²) in [7, 11) is -3.37. The topological polar surface area (TPSA) is 80.5 Å². The van der Waals surface area contributed by atoms with Gasteiger partial charge in [-0.1, -0.05) is 12.1 Å². The number of hydrogen-bond acceptors (Lipinski definition) is 4. The fraction of sp³-hybridized carbons (Fsp3) is 0.417. The largest absolute Gasteiger partial charge is 0.330 e. The van der Waals surface area contributed by atoms with E-state index in [1.165, 1.54) is 11.2 Å². The molecule has 0 aromatic heterocycles. The number of carbonyl (C=O) groups is 1. The second-order valence-electron chi connectivity index (χ2n) is 4.08. The number of sulfonamides is 1. The minimum atomic E-state index is -3.37. The molecular formula is C12H18N2O3S. The summed E-state index contributed by atoms with van der Waals surface area (Å²) in [6, 6.07) is 6.59. The van der Waals surface area contributed by atoms with Gasteiger partial charge in [-0.3, -0.25) is 9.10 Å². The first-order valence-electron chi connectivity index (χ1n) is 5.65. The Morgan fingerprint density at radius 1 is 1.39 bits per heavy atom. The van der Waals surface area contributed by atoms with Crippen LogP contribution in [0.3, 0.4) is 0 Å². The molecule has 0 spiro atoms. The number of Topliss-reactive ketones (excluding diaryl/α,β-unsaturated/α-hetero) is 1. The van der Waals surface area contributed by atoms with Crippen molar-refractivity contribution in [3.63, 3.8) is 0 Å². The first-order chi connectivity index (χ1) is 8.36. The maximum Gasteiger partial charge on any atom is 0.232 e. The fourth-order valence-corrected chi connectivity index (χ4v) is 2.56. The van der Waals surface area contributed by atoms with E-state index in [1.54, 1.807) is 24.3 Å². The average Bonchev–Trinajstić information content (AvgIpc) is 2.28. The zero-order valence-electron chi connectivity index (χ0n) is 10.6. The van der Waals surface area contributed by atoms with Crippen molar-refractivity contribution in [2.75, 3.05) is 23.7 Å². The zero-order chi connectivity index (χ0) is 13.8. The predicted molar refractivity (Wildman–Crippen MR) is 72.3 cm³/mol. The Bertz CT molecular complexity index is 526. The Balaban J connectivity index is 3.13. The van der Waals surface area contributed by atoms with Gasteiger partial charge in [-0.2, -0.15) is 0 Å². The van der Waals surface area contributed by atoms with E-state index in [0.717, 1.165) is 6.26 Å². The number of carbonyl (C=O) groups excluding carboxylic acids is 1. The van der Waals surface area contributed by atoms with E-state index < -0.39 is 10.0 Å². The van der Waals surface area contributed by atoms with Crippen LogP contribution in [0, 0.1) is 0 Å². The Kier molecular flexibility index (Phi) is 4.86. The maximum atomic E-state index is 11.7. The molecule has 0 atom stereocenters. The minimum absolute atomic E-state index is 0.0934. The fourth-order valence-electron chi connectivity index (χ4n) is 1.60. The van der Waals surface area contributed by atoms with Crippen LogP contribution < -0.4 is 10.0 Å². The normalized spacial score (nSPS) is 11.3. The van der Waals surface area contributed by atoms with E-state index in [0.29, 0.717) is 30.8 Å². The van der Waals surface area contributed by atoms with E-state index in [-0.39, 0.29) is 5.78 Å². The van der Waals surface area contributed by atoms with Gasteiger partial charge < -0.3 is 5.73 Å². The highest BCUT2D eigenvalue weighted by atomic mass is 32.2. The molecule has 1 rings (SSSR count). The minimum Gasteiger partial charge on any atom is -0.330 e. The molecule has 0 heterocycles. The van der Waals surface area contributed by atoms with Gasteiger partial charge in [-0.15, -0.1) is 0 Å². The molecule has 0 bridgehead atoms. The van der Waals surface area contributed by atoms with E-state index in [2.05, 4.69) is 0 Å². The number of nitrogens with two attached hydrogens (primary N) is 1. The second-order valence-corrected chi connectivity index (χ2v) is 5.99. The third-order valence-corrected chi connectivity index (χ3v) is 3.70. The monoisotopic (exact) mass is 270 g/mol. The van der Waals surface area contributed by atoms with E-state index >= 15 is 0 Å². The molecule has 18 heavy (non-hydrogen) atoms. The van der Waals surface area contributed by atoms with Gasteiger partial charge in [-0.25, -0.2) is 8.42 Å². The number of nitrogens with zero attached hydrogens (tertiary/aromatic N) is 1. The van der Waals surface area contributed by atoms with Crippen LogP contribution in [-0.2, 0) is 10.0 Å². The number of hydrogen-bond donors (Lipinski definition) is 1. The van der Waals surface area contributed by atoms with Crippen molar-refractivity contribution in [1.29, 1.82) is 0 Å². The average molecular weight is 270 g/mol. The molecule has 2 N–H and O–H groups in total. The molecule has 0 aliphatic rings. The molecule has 100 valence electrons. The van der Waals surface area contributed by atoms with Crippen LogP contribution in [0.2, 0.25) is 0 Å². The molecule has 6 heteroatoms. The van der Waals surface area contributed by atoms with Gasteiger partial charge in [0.05, 0.1) is 11.9 Å². The summed E-state index contributed by atoms with van der Waals surface area (Å²) in [5, 5.41) is 0. The molecule has 0 saturated carbocycles. The molecule has 0 saturated heterocycles. The van der Waals surface area contributed by atoms with Gasteiger partial charge in [0.15, 0.2) is 5.78 Å². The smallest absolute Gasteiger partial charge is 0.232 e.